The van der Waals surface area contributed by atoms with Crippen molar-refractivity contribution in [3.8, 4) is 0 Å². The summed E-state index contributed by atoms with van der Waals surface area (Å²) < 4.78 is 24.5. The molecule has 22 heavy (non-hydrogen) atoms. The van der Waals surface area contributed by atoms with Crippen molar-refractivity contribution in [3.05, 3.63) is 42.5 Å². The largest absolute Gasteiger partial charge is 0.313 e. The zero-order chi connectivity index (χ0) is 16.8. The number of carbonyl (C=O) groups is 1. The van der Waals surface area contributed by atoms with Crippen molar-refractivity contribution in [2.45, 2.75) is 20.3 Å². The van der Waals surface area contributed by atoms with Crippen LogP contribution in [-0.4, -0.2) is 44.5 Å². The summed E-state index contributed by atoms with van der Waals surface area (Å²) in [5, 5.41) is 0. The molecule has 1 rings (SSSR count). The second-order valence-corrected chi connectivity index (χ2v) is 7.12. The highest BCUT2D eigenvalue weighted by Crippen LogP contribution is 2.17. The average Bonchev–Trinajstić information content (AvgIpc) is 2.43. The quantitative estimate of drug-likeness (QED) is 0.689. The maximum absolute atomic E-state index is 12.4. The Morgan fingerprint density at radius 2 is 2.05 bits per heavy atom. The number of benzene rings is 1. The van der Waals surface area contributed by atoms with E-state index in [1.165, 1.54) is 10.4 Å². The van der Waals surface area contributed by atoms with Crippen molar-refractivity contribution in [1.82, 2.24) is 4.31 Å². The van der Waals surface area contributed by atoms with Crippen molar-refractivity contribution in [3.63, 3.8) is 0 Å². The number of aryl methyl sites for hydroxylation is 1. The topological polar surface area (TPSA) is 57.7 Å². The van der Waals surface area contributed by atoms with Crippen LogP contribution in [-0.2, 0) is 14.8 Å². The van der Waals surface area contributed by atoms with Gasteiger partial charge in [0.05, 0.1) is 6.26 Å². The average molecular weight is 324 g/mol. The molecule has 0 aliphatic heterocycles. The zero-order valence-electron chi connectivity index (χ0n) is 13.4. The summed E-state index contributed by atoms with van der Waals surface area (Å²) in [7, 11) is -3.34. The Morgan fingerprint density at radius 3 is 2.55 bits per heavy atom. The Bertz CT molecular complexity index is 626. The SMILES string of the molecule is C=CCN(CCC(=O)N(CC)c1cccc(C)c1)S(C)(=O)=O. The van der Waals surface area contributed by atoms with E-state index in [0.717, 1.165) is 17.5 Å². The molecule has 1 amide bonds. The van der Waals surface area contributed by atoms with Crippen LogP contribution in [0.25, 0.3) is 0 Å². The highest BCUT2D eigenvalue weighted by atomic mass is 32.2. The molecule has 0 radical (unpaired) electrons. The normalized spacial score (nSPS) is 11.5. The Morgan fingerprint density at radius 1 is 1.36 bits per heavy atom. The summed E-state index contributed by atoms with van der Waals surface area (Å²) >= 11 is 0. The van der Waals surface area contributed by atoms with Gasteiger partial charge in [0.2, 0.25) is 15.9 Å². The van der Waals surface area contributed by atoms with E-state index in [1.807, 2.05) is 38.1 Å². The maximum atomic E-state index is 12.4. The first kappa shape index (κ1) is 18.4. The van der Waals surface area contributed by atoms with E-state index in [-0.39, 0.29) is 25.4 Å². The van der Waals surface area contributed by atoms with Crippen molar-refractivity contribution in [2.24, 2.45) is 0 Å². The zero-order valence-corrected chi connectivity index (χ0v) is 14.3. The molecule has 0 saturated carbocycles. The van der Waals surface area contributed by atoms with Crippen LogP contribution in [0.5, 0.6) is 0 Å². The number of anilines is 1. The monoisotopic (exact) mass is 324 g/mol. The molecule has 0 unspecified atom stereocenters. The number of sulfonamides is 1. The molecule has 0 aromatic heterocycles. The number of nitrogens with zero attached hydrogens (tertiary/aromatic N) is 2. The predicted octanol–water partition coefficient (Wildman–Crippen LogP) is 2.19. The van der Waals surface area contributed by atoms with Gasteiger partial charge >= 0.3 is 0 Å². The van der Waals surface area contributed by atoms with Gasteiger partial charge in [-0.25, -0.2) is 8.42 Å². The Hall–Kier alpha value is -1.66. The van der Waals surface area contributed by atoms with Gasteiger partial charge in [-0.3, -0.25) is 4.79 Å². The van der Waals surface area contributed by atoms with Gasteiger partial charge < -0.3 is 4.90 Å². The third kappa shape index (κ3) is 5.27. The molecule has 0 aliphatic carbocycles. The lowest BCUT2D eigenvalue weighted by atomic mass is 10.2. The minimum absolute atomic E-state index is 0.0918. The Labute approximate surface area is 133 Å². The van der Waals surface area contributed by atoms with Gasteiger partial charge in [-0.05, 0) is 31.5 Å². The van der Waals surface area contributed by atoms with E-state index in [1.54, 1.807) is 4.90 Å². The molecule has 0 aliphatic rings. The summed E-state index contributed by atoms with van der Waals surface area (Å²) in [5.74, 6) is -0.0918. The number of hydrogen-bond acceptors (Lipinski definition) is 3. The molecule has 1 aromatic carbocycles. The van der Waals surface area contributed by atoms with Gasteiger partial charge in [0, 0.05) is 31.7 Å². The molecular weight excluding hydrogens is 300 g/mol. The van der Waals surface area contributed by atoms with Gasteiger partial charge in [-0.2, -0.15) is 4.31 Å². The van der Waals surface area contributed by atoms with Crippen LogP contribution in [0, 0.1) is 6.92 Å². The molecule has 0 spiro atoms. The van der Waals surface area contributed by atoms with E-state index in [0.29, 0.717) is 6.54 Å². The summed E-state index contributed by atoms with van der Waals surface area (Å²) in [4.78, 5) is 14.1. The standard InChI is InChI=1S/C16H24N2O3S/c1-5-11-17(22(4,20)21)12-10-16(19)18(6-2)15-9-7-8-14(3)13-15/h5,7-9,13H,1,6,10-12H2,2-4H3. The Kier molecular flexibility index (Phi) is 6.77. The third-order valence-electron chi connectivity index (χ3n) is 3.31. The van der Waals surface area contributed by atoms with Crippen molar-refractivity contribution < 1.29 is 13.2 Å². The van der Waals surface area contributed by atoms with E-state index < -0.39 is 10.0 Å². The van der Waals surface area contributed by atoms with Crippen LogP contribution >= 0.6 is 0 Å². The molecule has 1 aromatic rings. The number of carbonyl (C=O) groups excluding carboxylic acids is 1. The van der Waals surface area contributed by atoms with Crippen molar-refractivity contribution in [1.29, 1.82) is 0 Å². The molecule has 0 saturated heterocycles. The van der Waals surface area contributed by atoms with E-state index in [4.69, 9.17) is 0 Å². The molecule has 0 bridgehead atoms. The van der Waals surface area contributed by atoms with Crippen molar-refractivity contribution in [2.75, 3.05) is 30.8 Å². The van der Waals surface area contributed by atoms with Crippen LogP contribution in [0.4, 0.5) is 5.69 Å². The first-order valence-corrected chi connectivity index (χ1v) is 9.07. The van der Waals surface area contributed by atoms with Crippen LogP contribution in [0.2, 0.25) is 0 Å². The lowest BCUT2D eigenvalue weighted by Crippen LogP contribution is -2.36. The summed E-state index contributed by atoms with van der Waals surface area (Å²) in [5.41, 5.74) is 1.91. The van der Waals surface area contributed by atoms with Crippen LogP contribution in [0.1, 0.15) is 18.9 Å². The van der Waals surface area contributed by atoms with Gasteiger partial charge in [0.25, 0.3) is 0 Å². The van der Waals surface area contributed by atoms with Gasteiger partial charge in [-0.15, -0.1) is 6.58 Å². The van der Waals surface area contributed by atoms with E-state index in [2.05, 4.69) is 6.58 Å². The van der Waals surface area contributed by atoms with Gasteiger partial charge in [0.1, 0.15) is 0 Å². The fourth-order valence-electron chi connectivity index (χ4n) is 2.19. The van der Waals surface area contributed by atoms with Gasteiger partial charge in [0.15, 0.2) is 0 Å². The molecule has 0 fully saturated rings. The minimum Gasteiger partial charge on any atom is -0.313 e. The van der Waals surface area contributed by atoms with E-state index >= 15 is 0 Å². The summed E-state index contributed by atoms with van der Waals surface area (Å²) in [6.45, 7) is 8.33. The van der Waals surface area contributed by atoms with Crippen LogP contribution < -0.4 is 4.90 Å². The maximum Gasteiger partial charge on any atom is 0.228 e. The molecular formula is C16H24N2O3S. The second-order valence-electron chi connectivity index (χ2n) is 5.14. The van der Waals surface area contributed by atoms with E-state index in [9.17, 15) is 13.2 Å². The second kappa shape index (κ2) is 8.10. The fraction of sp³-hybridized carbons (Fsp3) is 0.438. The highest BCUT2D eigenvalue weighted by Gasteiger charge is 2.19. The summed E-state index contributed by atoms with van der Waals surface area (Å²) in [6, 6.07) is 7.70. The van der Waals surface area contributed by atoms with Gasteiger partial charge in [-0.1, -0.05) is 18.2 Å². The molecule has 5 nitrogen and oxygen atoms in total. The first-order chi connectivity index (χ1) is 10.3. The summed E-state index contributed by atoms with van der Waals surface area (Å²) in [6.07, 6.45) is 2.80. The van der Waals surface area contributed by atoms with Crippen LogP contribution in [0.15, 0.2) is 36.9 Å². The lowest BCUT2D eigenvalue weighted by molar-refractivity contribution is -0.118. The molecule has 0 atom stereocenters. The van der Waals surface area contributed by atoms with Crippen molar-refractivity contribution >= 4 is 21.6 Å². The third-order valence-corrected chi connectivity index (χ3v) is 4.58. The molecule has 122 valence electrons. The number of amides is 1. The smallest absolute Gasteiger partial charge is 0.228 e. The first-order valence-electron chi connectivity index (χ1n) is 7.22. The predicted molar refractivity (Wildman–Crippen MR) is 90.4 cm³/mol. The Balaban J connectivity index is 2.79. The number of hydrogen-bond donors (Lipinski definition) is 0. The fourth-order valence-corrected chi connectivity index (χ4v) is 2.99. The lowest BCUT2D eigenvalue weighted by Gasteiger charge is -2.23. The molecule has 0 N–H and O–H groups in total. The minimum atomic E-state index is -3.34. The highest BCUT2D eigenvalue weighted by molar-refractivity contribution is 7.88. The molecule has 0 heterocycles. The molecule has 6 heteroatoms. The number of rotatable bonds is 8. The van der Waals surface area contributed by atoms with Crippen LogP contribution in [0.3, 0.4) is 0 Å².